The zero-order chi connectivity index (χ0) is 19.1. The van der Waals surface area contributed by atoms with E-state index in [1.807, 2.05) is 30.3 Å². The Morgan fingerprint density at radius 2 is 1.65 bits per heavy atom. The third-order valence-electron chi connectivity index (χ3n) is 3.67. The van der Waals surface area contributed by atoms with Gasteiger partial charge >= 0.3 is 7.82 Å². The molecule has 0 spiro atoms. The Hall–Kier alpha value is -0.750. The summed E-state index contributed by atoms with van der Waals surface area (Å²) in [7, 11) is -2.32. The van der Waals surface area contributed by atoms with E-state index in [0.717, 1.165) is 31.2 Å². The van der Waals surface area contributed by atoms with Crippen molar-refractivity contribution in [2.45, 2.75) is 52.2 Å². The van der Waals surface area contributed by atoms with Gasteiger partial charge in [-0.1, -0.05) is 57.0 Å². The molecule has 0 aliphatic carbocycles. The van der Waals surface area contributed by atoms with Crippen molar-refractivity contribution in [3.05, 3.63) is 35.9 Å². The molecule has 0 amide bonds. The summed E-state index contributed by atoms with van der Waals surface area (Å²) in [6.07, 6.45) is 3.77. The van der Waals surface area contributed by atoms with Crippen LogP contribution in [0.4, 0.5) is 0 Å². The van der Waals surface area contributed by atoms with Gasteiger partial charge in [-0.25, -0.2) is 4.57 Å². The second kappa shape index (κ2) is 14.3. The predicted octanol–water partition coefficient (Wildman–Crippen LogP) is 4.98. The largest absolute Gasteiger partial charge is 0.474 e. The number of phosphoric acid groups is 1. The number of benzene rings is 1. The fourth-order valence-corrected chi connectivity index (χ4v) is 2.99. The van der Waals surface area contributed by atoms with Crippen molar-refractivity contribution < 1.29 is 27.6 Å². The van der Waals surface area contributed by atoms with Crippen molar-refractivity contribution in [2.24, 2.45) is 0 Å². The Balaban J connectivity index is 2.47. The summed E-state index contributed by atoms with van der Waals surface area (Å²) in [4.78, 5) is 0. The summed E-state index contributed by atoms with van der Waals surface area (Å²) in [5.74, 6) is 0. The minimum absolute atomic E-state index is 0.0930. The summed E-state index contributed by atoms with van der Waals surface area (Å²) < 4.78 is 39.9. The van der Waals surface area contributed by atoms with Crippen molar-refractivity contribution in [1.29, 1.82) is 0 Å². The van der Waals surface area contributed by atoms with Crippen molar-refractivity contribution >= 4 is 7.82 Å². The molecule has 7 heteroatoms. The number of ether oxygens (including phenoxy) is 2. The zero-order valence-electron chi connectivity index (χ0n) is 16.2. The smallest absolute Gasteiger partial charge is 0.379 e. The van der Waals surface area contributed by atoms with Crippen LogP contribution in [-0.4, -0.2) is 39.6 Å². The predicted molar refractivity (Wildman–Crippen MR) is 102 cm³/mol. The van der Waals surface area contributed by atoms with E-state index in [4.69, 9.17) is 23.0 Å². The van der Waals surface area contributed by atoms with Crippen molar-refractivity contribution in [3.63, 3.8) is 0 Å². The van der Waals surface area contributed by atoms with E-state index in [1.54, 1.807) is 0 Å². The number of hydrogen-bond acceptors (Lipinski definition) is 6. The van der Waals surface area contributed by atoms with E-state index < -0.39 is 7.82 Å². The van der Waals surface area contributed by atoms with Gasteiger partial charge in [-0.05, 0) is 18.4 Å². The lowest BCUT2D eigenvalue weighted by Gasteiger charge is -2.21. The molecule has 0 saturated carbocycles. The zero-order valence-corrected chi connectivity index (χ0v) is 17.1. The van der Waals surface area contributed by atoms with Gasteiger partial charge in [-0.15, -0.1) is 0 Å². The topological polar surface area (TPSA) is 63.2 Å². The van der Waals surface area contributed by atoms with Gasteiger partial charge in [0.05, 0.1) is 19.8 Å². The Bertz CT molecular complexity index is 496. The molecule has 0 unspecified atom stereocenters. The SMILES string of the molecule is CCCCOC[C@@H](CO[P@](=O)(OC)OCc1ccccc1)OCCCC. The first-order valence-corrected chi connectivity index (χ1v) is 10.8. The maximum Gasteiger partial charge on any atom is 0.474 e. The highest BCUT2D eigenvalue weighted by molar-refractivity contribution is 7.48. The van der Waals surface area contributed by atoms with Crippen molar-refractivity contribution in [1.82, 2.24) is 0 Å². The molecule has 0 heterocycles. The van der Waals surface area contributed by atoms with Crippen LogP contribution in [0.2, 0.25) is 0 Å². The van der Waals surface area contributed by atoms with Gasteiger partial charge in [-0.3, -0.25) is 13.6 Å². The normalized spacial score (nSPS) is 14.9. The van der Waals surface area contributed by atoms with E-state index in [1.165, 1.54) is 7.11 Å². The van der Waals surface area contributed by atoms with Gasteiger partial charge in [0, 0.05) is 20.3 Å². The third-order valence-corrected chi connectivity index (χ3v) is 5.03. The average molecular weight is 388 g/mol. The number of hydrogen-bond donors (Lipinski definition) is 0. The summed E-state index contributed by atoms with van der Waals surface area (Å²) in [6.45, 7) is 6.15. The maximum atomic E-state index is 12.6. The molecule has 150 valence electrons. The highest BCUT2D eigenvalue weighted by Crippen LogP contribution is 2.49. The third kappa shape index (κ3) is 10.4. The molecule has 6 nitrogen and oxygen atoms in total. The van der Waals surface area contributed by atoms with Gasteiger partial charge in [0.2, 0.25) is 0 Å². The Labute approximate surface area is 157 Å². The second-order valence-corrected chi connectivity index (χ2v) is 7.74. The Morgan fingerprint density at radius 3 is 2.31 bits per heavy atom. The molecule has 0 aromatic heterocycles. The second-order valence-electron chi connectivity index (χ2n) is 5.96. The quantitative estimate of drug-likeness (QED) is 0.294. The van der Waals surface area contributed by atoms with E-state index in [9.17, 15) is 4.57 Å². The van der Waals surface area contributed by atoms with Gasteiger partial charge in [0.1, 0.15) is 6.10 Å². The van der Waals surface area contributed by atoms with Gasteiger partial charge in [0.15, 0.2) is 0 Å². The molecule has 1 rings (SSSR count). The number of phosphoric ester groups is 1. The lowest BCUT2D eigenvalue weighted by molar-refractivity contribution is -0.0451. The highest BCUT2D eigenvalue weighted by Gasteiger charge is 2.27. The average Bonchev–Trinajstić information content (AvgIpc) is 2.68. The van der Waals surface area contributed by atoms with Gasteiger partial charge < -0.3 is 9.47 Å². The van der Waals surface area contributed by atoms with Crippen LogP contribution in [0.25, 0.3) is 0 Å². The molecule has 0 bridgehead atoms. The van der Waals surface area contributed by atoms with Crippen LogP contribution >= 0.6 is 7.82 Å². The first-order chi connectivity index (χ1) is 12.6. The van der Waals surface area contributed by atoms with Crippen LogP contribution in [0.15, 0.2) is 30.3 Å². The van der Waals surface area contributed by atoms with Crippen LogP contribution < -0.4 is 0 Å². The molecular weight excluding hydrogens is 355 g/mol. The fraction of sp³-hybridized carbons (Fsp3) is 0.684. The molecule has 0 aliphatic rings. The van der Waals surface area contributed by atoms with Crippen LogP contribution in [0, 0.1) is 0 Å². The molecule has 0 radical (unpaired) electrons. The number of rotatable bonds is 16. The van der Waals surface area contributed by atoms with Gasteiger partial charge in [-0.2, -0.15) is 0 Å². The summed E-state index contributed by atoms with van der Waals surface area (Å²) in [5.41, 5.74) is 0.895. The molecular formula is C19H33O6P. The van der Waals surface area contributed by atoms with Crippen molar-refractivity contribution in [3.8, 4) is 0 Å². The van der Waals surface area contributed by atoms with Crippen LogP contribution in [0.5, 0.6) is 0 Å². The highest BCUT2D eigenvalue weighted by atomic mass is 31.2. The lowest BCUT2D eigenvalue weighted by Crippen LogP contribution is -2.26. The summed E-state index contributed by atoms with van der Waals surface area (Å²) in [5, 5.41) is 0. The molecule has 0 aliphatic heterocycles. The first-order valence-electron chi connectivity index (χ1n) is 9.31. The van der Waals surface area contributed by atoms with E-state index in [2.05, 4.69) is 13.8 Å². The van der Waals surface area contributed by atoms with E-state index in [0.29, 0.717) is 19.8 Å². The van der Waals surface area contributed by atoms with E-state index in [-0.39, 0.29) is 19.3 Å². The molecule has 0 fully saturated rings. The Kier molecular flexibility index (Phi) is 12.8. The van der Waals surface area contributed by atoms with Crippen LogP contribution in [0.1, 0.15) is 45.1 Å². The Morgan fingerprint density at radius 1 is 0.962 bits per heavy atom. The molecule has 2 atom stereocenters. The summed E-state index contributed by atoms with van der Waals surface area (Å²) >= 11 is 0. The maximum absolute atomic E-state index is 12.6. The molecule has 1 aromatic carbocycles. The molecule has 1 aromatic rings. The minimum Gasteiger partial charge on any atom is -0.379 e. The lowest BCUT2D eigenvalue weighted by atomic mass is 10.2. The summed E-state index contributed by atoms with van der Waals surface area (Å²) in [6, 6.07) is 9.47. The molecule has 0 saturated heterocycles. The van der Waals surface area contributed by atoms with Crippen LogP contribution in [0.3, 0.4) is 0 Å². The van der Waals surface area contributed by atoms with E-state index >= 15 is 0 Å². The minimum atomic E-state index is -3.64. The number of unbranched alkanes of at least 4 members (excludes halogenated alkanes) is 2. The van der Waals surface area contributed by atoms with Crippen LogP contribution in [-0.2, 0) is 34.2 Å². The fourth-order valence-electron chi connectivity index (χ4n) is 2.04. The first kappa shape index (κ1) is 23.3. The molecule has 0 N–H and O–H groups in total. The standard InChI is InChI=1S/C19H33O6P/c1-4-6-13-22-16-19(23-14-7-5-2)17-25-26(20,21-3)24-15-18-11-9-8-10-12-18/h8-12,19H,4-7,13-17H2,1-3H3/t19-,26+/m0/s1. The molecule has 26 heavy (non-hydrogen) atoms. The van der Waals surface area contributed by atoms with Gasteiger partial charge in [0.25, 0.3) is 0 Å². The van der Waals surface area contributed by atoms with Crippen molar-refractivity contribution in [2.75, 3.05) is 33.5 Å². The monoisotopic (exact) mass is 388 g/mol.